The monoisotopic (exact) mass is 192 g/mol. The van der Waals surface area contributed by atoms with Crippen LogP contribution in [0.25, 0.3) is 0 Å². The van der Waals surface area contributed by atoms with E-state index in [-0.39, 0.29) is 29.6 Å². The van der Waals surface area contributed by atoms with Gasteiger partial charge >= 0.3 is 84.1 Å². The molecule has 0 atom stereocenters. The minimum atomic E-state index is -1.31. The van der Waals surface area contributed by atoms with Crippen molar-refractivity contribution >= 4 is 59.2 Å². The van der Waals surface area contributed by atoms with Gasteiger partial charge in [-0.3, -0.25) is 9.59 Å². The molecule has 0 amide bonds. The molecule has 4 nitrogen and oxygen atoms in total. The molecule has 0 bridgehead atoms. The molecule has 0 aliphatic carbocycles. The molecule has 0 heterocycles. The van der Waals surface area contributed by atoms with Crippen LogP contribution >= 0.6 is 0 Å². The van der Waals surface area contributed by atoms with Gasteiger partial charge in [-0.15, -0.1) is 0 Å². The molecule has 2 N–H and O–H groups in total. The van der Waals surface area contributed by atoms with E-state index in [0.29, 0.717) is 4.09 Å². The summed E-state index contributed by atoms with van der Waals surface area (Å²) < 4.78 is 0.500. The zero-order valence-corrected chi connectivity index (χ0v) is 7.92. The van der Waals surface area contributed by atoms with Crippen molar-refractivity contribution in [3.05, 3.63) is 0 Å². The number of carboxylic acids is 2. The summed E-state index contributed by atoms with van der Waals surface area (Å²) in [5.41, 5.74) is 0. The quantitative estimate of drug-likeness (QED) is 0.486. The van der Waals surface area contributed by atoms with Gasteiger partial charge in [0, 0.05) is 0 Å². The van der Waals surface area contributed by atoms with Crippen LogP contribution in [-0.4, -0.2) is 69.4 Å². The molecular weight excluding hydrogens is 178 g/mol. The Balaban J connectivity index is -0.000000150. The Morgan fingerprint density at radius 1 is 1.15 bits per heavy atom. The Hall–Kier alpha value is 0.537. The van der Waals surface area contributed by atoms with Crippen molar-refractivity contribution in [2.45, 2.75) is 31.3 Å². The third-order valence-corrected chi connectivity index (χ3v) is 0.302. The Morgan fingerprint density at radius 2 is 1.31 bits per heavy atom. The summed E-state index contributed by atoms with van der Waals surface area (Å²) in [4.78, 5) is 18.9. The van der Waals surface area contributed by atoms with Gasteiger partial charge in [-0.1, -0.05) is 0 Å². The Labute approximate surface area is 110 Å². The van der Waals surface area contributed by atoms with Crippen molar-refractivity contribution in [3.63, 3.8) is 0 Å². The van der Waals surface area contributed by atoms with Crippen LogP contribution in [0.3, 0.4) is 0 Å². The number of aliphatic carboxylic acids is 2. The van der Waals surface area contributed by atoms with E-state index in [9.17, 15) is 9.59 Å². The van der Waals surface area contributed by atoms with Crippen LogP contribution in [0.5, 0.6) is 0 Å². The third kappa shape index (κ3) is 67.6. The van der Waals surface area contributed by atoms with Gasteiger partial charge in [-0.25, -0.2) is 0 Å². The molecule has 0 unspecified atom stereocenters. The molecule has 0 spiro atoms. The summed E-state index contributed by atoms with van der Waals surface area (Å²) in [5, 5.41) is 15.4. The van der Waals surface area contributed by atoms with Gasteiger partial charge in [-0.2, -0.15) is 0 Å². The predicted molar refractivity (Wildman–Crippen MR) is 52.5 cm³/mol. The van der Waals surface area contributed by atoms with Crippen molar-refractivity contribution in [1.82, 2.24) is 0 Å². The van der Waals surface area contributed by atoms with E-state index in [1.807, 2.05) is 0 Å². The summed E-state index contributed by atoms with van der Waals surface area (Å²) in [6, 6.07) is 0. The third-order valence-electron chi connectivity index (χ3n) is 0.302. The van der Waals surface area contributed by atoms with E-state index in [1.165, 1.54) is 0 Å². The van der Waals surface area contributed by atoms with E-state index in [1.54, 1.807) is 0 Å². The van der Waals surface area contributed by atoms with Crippen LogP contribution in [-0.2, 0) is 9.59 Å². The van der Waals surface area contributed by atoms with E-state index < -0.39 is 18.4 Å². The Bertz CT molecular complexity index is 146. The van der Waals surface area contributed by atoms with Gasteiger partial charge in [0.05, 0.1) is 0 Å². The molecule has 0 aromatic rings. The van der Waals surface area contributed by atoms with Gasteiger partial charge in [0.15, 0.2) is 0 Å². The van der Waals surface area contributed by atoms with Crippen molar-refractivity contribution in [2.75, 3.05) is 0 Å². The molecule has 0 aliphatic heterocycles. The van der Waals surface area contributed by atoms with Crippen LogP contribution in [0.4, 0.5) is 0 Å². The number of rotatable bonds is 2. The molecule has 13 heavy (non-hydrogen) atoms. The van der Waals surface area contributed by atoms with Crippen molar-refractivity contribution < 1.29 is 19.8 Å². The summed E-state index contributed by atoms with van der Waals surface area (Å²) in [6.07, 6.45) is -0.806. The van der Waals surface area contributed by atoms with Gasteiger partial charge < -0.3 is 10.2 Å². The summed E-state index contributed by atoms with van der Waals surface area (Å²) in [5.74, 6) is -2.62. The standard InChI is InChI=1S/C4H9.C3H4O4.Li.Na.H/c1-4(2)3;4-2(5)1-3(6)7;;;/h1-3H3;1H2,(H,4,5)(H,6,7);;;. The molecule has 0 saturated heterocycles. The molecule has 6 heteroatoms. The van der Waals surface area contributed by atoms with Crippen LogP contribution < -0.4 is 0 Å². The molecule has 0 aliphatic rings. The summed E-state index contributed by atoms with van der Waals surface area (Å²) in [6.45, 7) is 6.56. The maximum atomic E-state index is 9.43. The fourth-order valence-electron chi connectivity index (χ4n) is 0.129. The van der Waals surface area contributed by atoms with Gasteiger partial charge in [0.2, 0.25) is 0 Å². The molecule has 0 saturated carbocycles. The number of hydrogen-bond acceptors (Lipinski definition) is 2. The van der Waals surface area contributed by atoms with Crippen LogP contribution in [0.2, 0.25) is 4.09 Å². The van der Waals surface area contributed by atoms with Gasteiger partial charge in [-0.05, 0) is 0 Å². The van der Waals surface area contributed by atoms with Crippen molar-refractivity contribution in [2.24, 2.45) is 0 Å². The average Bonchev–Trinajstić information content (AvgIpc) is 1.52. The first-order valence-electron chi connectivity index (χ1n) is 3.56. The van der Waals surface area contributed by atoms with Gasteiger partial charge in [0.1, 0.15) is 6.42 Å². The SMILES string of the molecule is O=C(O)CC(=O)O.[Li][C](C)(C)C.[NaH]. The molecule has 0 aromatic carbocycles. The molecular formula is C7H14LiNaO4. The van der Waals surface area contributed by atoms with E-state index >= 15 is 0 Å². The topological polar surface area (TPSA) is 74.6 Å². The molecule has 0 aromatic heterocycles. The molecule has 68 valence electrons. The second-order valence-electron chi connectivity index (χ2n) is 3.96. The van der Waals surface area contributed by atoms with Crippen molar-refractivity contribution in [1.29, 1.82) is 0 Å². The van der Waals surface area contributed by atoms with E-state index in [2.05, 4.69) is 38.5 Å². The fourth-order valence-corrected chi connectivity index (χ4v) is 0.129. The zero-order chi connectivity index (χ0) is 10.4. The molecule has 0 radical (unpaired) electrons. The fraction of sp³-hybridized carbons (Fsp3) is 0.714. The zero-order valence-electron chi connectivity index (χ0n) is 7.92. The minimum absolute atomic E-state index is 0. The van der Waals surface area contributed by atoms with Gasteiger partial charge in [0.25, 0.3) is 0 Å². The van der Waals surface area contributed by atoms with E-state index in [4.69, 9.17) is 10.2 Å². The normalized spacial score (nSPS) is 9.00. The first-order chi connectivity index (χ1) is 5.13. The molecule has 0 fully saturated rings. The first kappa shape index (κ1) is 19.2. The van der Waals surface area contributed by atoms with E-state index in [0.717, 1.165) is 0 Å². The van der Waals surface area contributed by atoms with Crippen LogP contribution in [0.15, 0.2) is 0 Å². The molecule has 0 rings (SSSR count). The van der Waals surface area contributed by atoms with Crippen LogP contribution in [0.1, 0.15) is 27.2 Å². The average molecular weight is 192 g/mol. The number of hydrogen-bond donors (Lipinski definition) is 2. The Morgan fingerprint density at radius 3 is 1.31 bits per heavy atom. The Kier molecular flexibility index (Phi) is 13.4. The second kappa shape index (κ2) is 9.11. The summed E-state index contributed by atoms with van der Waals surface area (Å²) >= 11 is 2.19. The van der Waals surface area contributed by atoms with Crippen molar-refractivity contribution in [3.8, 4) is 0 Å². The number of carboxylic acid groups (broad SMARTS) is 2. The van der Waals surface area contributed by atoms with Crippen LogP contribution in [0, 0.1) is 0 Å². The second-order valence-corrected chi connectivity index (χ2v) is 3.96. The number of carbonyl (C=O) groups is 2. The summed E-state index contributed by atoms with van der Waals surface area (Å²) in [7, 11) is 0. The predicted octanol–water partition coefficient (Wildman–Crippen LogP) is 0.270. The maximum absolute atomic E-state index is 9.43. The first-order valence-corrected chi connectivity index (χ1v) is 3.56.